The summed E-state index contributed by atoms with van der Waals surface area (Å²) < 4.78 is 0.725. The Morgan fingerprint density at radius 1 is 1.45 bits per heavy atom. The Labute approximate surface area is 74.2 Å². The molecule has 3 heteroatoms. The zero-order chi connectivity index (χ0) is 8.27. The zero-order valence-electron chi connectivity index (χ0n) is 6.05. The van der Waals surface area contributed by atoms with Crippen molar-refractivity contribution in [3.63, 3.8) is 0 Å². The van der Waals surface area contributed by atoms with Crippen LogP contribution in [0.25, 0.3) is 0 Å². The predicted octanol–water partition coefficient (Wildman–Crippen LogP) is 1.66. The lowest BCUT2D eigenvalue weighted by atomic mass is 10.1. The van der Waals surface area contributed by atoms with Crippen molar-refractivity contribution < 1.29 is 5.11 Å². The highest BCUT2D eigenvalue weighted by molar-refractivity contribution is 9.10. The van der Waals surface area contributed by atoms with Gasteiger partial charge in [0.2, 0.25) is 0 Å². The van der Waals surface area contributed by atoms with Crippen LogP contribution in [-0.2, 0) is 6.42 Å². The third kappa shape index (κ3) is 1.94. The summed E-state index contributed by atoms with van der Waals surface area (Å²) in [5.41, 5.74) is 6.24. The van der Waals surface area contributed by atoms with Gasteiger partial charge in [-0.2, -0.15) is 0 Å². The maximum absolute atomic E-state index is 9.43. The van der Waals surface area contributed by atoms with Crippen LogP contribution in [0.15, 0.2) is 22.7 Å². The topological polar surface area (TPSA) is 46.2 Å². The molecule has 0 aromatic heterocycles. The minimum Gasteiger partial charge on any atom is -0.506 e. The molecule has 0 aliphatic heterocycles. The van der Waals surface area contributed by atoms with Gasteiger partial charge in [0.25, 0.3) is 0 Å². The van der Waals surface area contributed by atoms with Gasteiger partial charge in [0.15, 0.2) is 0 Å². The molecule has 0 saturated heterocycles. The molecule has 2 nitrogen and oxygen atoms in total. The van der Waals surface area contributed by atoms with Gasteiger partial charge in [-0.3, -0.25) is 0 Å². The van der Waals surface area contributed by atoms with E-state index in [1.807, 2.05) is 12.1 Å². The summed E-state index contributed by atoms with van der Waals surface area (Å²) in [5, 5.41) is 9.43. The van der Waals surface area contributed by atoms with Crippen molar-refractivity contribution in [2.75, 3.05) is 6.54 Å². The molecule has 11 heavy (non-hydrogen) atoms. The minimum atomic E-state index is 0.304. The minimum absolute atomic E-state index is 0.304. The van der Waals surface area contributed by atoms with Gasteiger partial charge >= 0.3 is 0 Å². The number of halogens is 1. The van der Waals surface area contributed by atoms with E-state index in [0.717, 1.165) is 10.0 Å². The molecule has 1 aromatic rings. The van der Waals surface area contributed by atoms with Gasteiger partial charge < -0.3 is 10.8 Å². The molecule has 1 aromatic carbocycles. The van der Waals surface area contributed by atoms with Crippen molar-refractivity contribution in [2.45, 2.75) is 6.42 Å². The Kier molecular flexibility index (Phi) is 2.91. The summed E-state index contributed by atoms with van der Waals surface area (Å²) >= 11 is 3.23. The van der Waals surface area contributed by atoms with Crippen molar-refractivity contribution >= 4 is 15.9 Å². The molecule has 0 fully saturated rings. The van der Waals surface area contributed by atoms with Gasteiger partial charge in [-0.25, -0.2) is 0 Å². The summed E-state index contributed by atoms with van der Waals surface area (Å²) in [6, 6.07) is 5.55. The molecule has 3 N–H and O–H groups in total. The van der Waals surface area contributed by atoms with Crippen LogP contribution in [0.1, 0.15) is 5.56 Å². The summed E-state index contributed by atoms with van der Waals surface area (Å²) in [4.78, 5) is 0. The van der Waals surface area contributed by atoms with Crippen molar-refractivity contribution in [3.05, 3.63) is 28.2 Å². The standard InChI is InChI=1S/C8H10BrNO/c9-7-3-1-2-6(4-5-10)8(7)11/h1-3,11H,4-5,10H2. The molecule has 0 bridgehead atoms. The SMILES string of the molecule is NCCc1cccc(Br)c1O. The van der Waals surface area contributed by atoms with Crippen molar-refractivity contribution in [3.8, 4) is 5.75 Å². The Balaban J connectivity index is 2.96. The molecule has 60 valence electrons. The Morgan fingerprint density at radius 3 is 2.82 bits per heavy atom. The number of phenolic OH excluding ortho intramolecular Hbond substituents is 1. The fraction of sp³-hybridized carbons (Fsp3) is 0.250. The van der Waals surface area contributed by atoms with Gasteiger partial charge in [0.1, 0.15) is 5.75 Å². The van der Waals surface area contributed by atoms with Crippen molar-refractivity contribution in [1.82, 2.24) is 0 Å². The van der Waals surface area contributed by atoms with Crippen LogP contribution < -0.4 is 5.73 Å². The highest BCUT2D eigenvalue weighted by Gasteiger charge is 2.02. The summed E-state index contributed by atoms with van der Waals surface area (Å²) in [6.07, 6.45) is 0.714. The number of benzene rings is 1. The second-order valence-corrected chi connectivity index (χ2v) is 3.14. The molecule has 0 spiro atoms. The molecular weight excluding hydrogens is 206 g/mol. The molecule has 1 rings (SSSR count). The molecular formula is C8H10BrNO. The maximum Gasteiger partial charge on any atom is 0.132 e. The molecule has 0 amide bonds. The first-order valence-electron chi connectivity index (χ1n) is 3.42. The summed E-state index contributed by atoms with van der Waals surface area (Å²) in [7, 11) is 0. The van der Waals surface area contributed by atoms with Gasteiger partial charge in [-0.15, -0.1) is 0 Å². The highest BCUT2D eigenvalue weighted by atomic mass is 79.9. The zero-order valence-corrected chi connectivity index (χ0v) is 7.63. The van der Waals surface area contributed by atoms with Crippen LogP contribution in [0, 0.1) is 0 Å². The number of aromatic hydroxyl groups is 1. The second-order valence-electron chi connectivity index (χ2n) is 2.29. The van der Waals surface area contributed by atoms with E-state index in [9.17, 15) is 5.11 Å². The molecule has 0 heterocycles. The molecule has 0 unspecified atom stereocenters. The molecule has 0 saturated carbocycles. The second kappa shape index (κ2) is 3.74. The Morgan fingerprint density at radius 2 is 2.18 bits per heavy atom. The fourth-order valence-electron chi connectivity index (χ4n) is 0.917. The smallest absolute Gasteiger partial charge is 0.132 e. The lowest BCUT2D eigenvalue weighted by molar-refractivity contribution is 0.465. The maximum atomic E-state index is 9.43. The predicted molar refractivity (Wildman–Crippen MR) is 48.6 cm³/mol. The van der Waals surface area contributed by atoms with E-state index < -0.39 is 0 Å². The number of rotatable bonds is 2. The molecule has 0 atom stereocenters. The van der Waals surface area contributed by atoms with Crippen LogP contribution in [-0.4, -0.2) is 11.7 Å². The molecule has 0 radical (unpaired) electrons. The monoisotopic (exact) mass is 215 g/mol. The first-order valence-corrected chi connectivity index (χ1v) is 4.21. The van der Waals surface area contributed by atoms with Crippen LogP contribution in [0.2, 0.25) is 0 Å². The lowest BCUT2D eigenvalue weighted by Gasteiger charge is -2.03. The summed E-state index contributed by atoms with van der Waals surface area (Å²) in [6.45, 7) is 0.560. The number of hydrogen-bond donors (Lipinski definition) is 2. The first kappa shape index (κ1) is 8.56. The van der Waals surface area contributed by atoms with Gasteiger partial charge in [-0.1, -0.05) is 12.1 Å². The van der Waals surface area contributed by atoms with E-state index in [1.54, 1.807) is 6.07 Å². The van der Waals surface area contributed by atoms with Crippen LogP contribution in [0.5, 0.6) is 5.75 Å². The fourth-order valence-corrected chi connectivity index (χ4v) is 1.32. The lowest BCUT2D eigenvalue weighted by Crippen LogP contribution is -2.02. The van der Waals surface area contributed by atoms with E-state index >= 15 is 0 Å². The average Bonchev–Trinajstić information content (AvgIpc) is 1.99. The summed E-state index contributed by atoms with van der Waals surface area (Å²) in [5.74, 6) is 0.304. The molecule has 0 aliphatic rings. The van der Waals surface area contributed by atoms with Crippen molar-refractivity contribution in [1.29, 1.82) is 0 Å². The van der Waals surface area contributed by atoms with Gasteiger partial charge in [0, 0.05) is 0 Å². The van der Waals surface area contributed by atoms with E-state index in [2.05, 4.69) is 15.9 Å². The number of para-hydroxylation sites is 1. The van der Waals surface area contributed by atoms with E-state index in [4.69, 9.17) is 5.73 Å². The highest BCUT2D eigenvalue weighted by Crippen LogP contribution is 2.27. The normalized spacial score (nSPS) is 10.0. The first-order chi connectivity index (χ1) is 5.25. The Bertz CT molecular complexity index is 250. The third-order valence-electron chi connectivity index (χ3n) is 1.48. The van der Waals surface area contributed by atoms with Crippen LogP contribution >= 0.6 is 15.9 Å². The van der Waals surface area contributed by atoms with Gasteiger partial charge in [-0.05, 0) is 40.5 Å². The quantitative estimate of drug-likeness (QED) is 0.789. The van der Waals surface area contributed by atoms with Crippen LogP contribution in [0.4, 0.5) is 0 Å². The van der Waals surface area contributed by atoms with E-state index in [0.29, 0.717) is 18.7 Å². The number of nitrogens with two attached hydrogens (primary N) is 1. The van der Waals surface area contributed by atoms with E-state index in [-0.39, 0.29) is 0 Å². The largest absolute Gasteiger partial charge is 0.506 e. The van der Waals surface area contributed by atoms with Crippen molar-refractivity contribution in [2.24, 2.45) is 5.73 Å². The number of phenols is 1. The van der Waals surface area contributed by atoms with Crippen LogP contribution in [0.3, 0.4) is 0 Å². The Hall–Kier alpha value is -0.540. The van der Waals surface area contributed by atoms with Gasteiger partial charge in [0.05, 0.1) is 4.47 Å². The third-order valence-corrected chi connectivity index (χ3v) is 2.12. The average molecular weight is 216 g/mol. The number of hydrogen-bond acceptors (Lipinski definition) is 2. The van der Waals surface area contributed by atoms with E-state index in [1.165, 1.54) is 0 Å². The molecule has 0 aliphatic carbocycles.